The molecule has 0 radical (unpaired) electrons. The minimum atomic E-state index is -2.63. The summed E-state index contributed by atoms with van der Waals surface area (Å²) in [6, 6.07) is 4.57. The van der Waals surface area contributed by atoms with Gasteiger partial charge < -0.3 is 9.29 Å². The average Bonchev–Trinajstić information content (AvgIpc) is 2.31. The molecule has 0 aliphatic heterocycles. The van der Waals surface area contributed by atoms with E-state index in [1.165, 1.54) is 24.3 Å². The molecule has 4 heteroatoms. The van der Waals surface area contributed by atoms with Gasteiger partial charge in [0.05, 0.1) is 17.2 Å². The Kier molecular flexibility index (Phi) is 2.60. The molecule has 1 N–H and O–H groups in total. The van der Waals surface area contributed by atoms with Crippen LogP contribution in [-0.4, -0.2) is 16.3 Å². The van der Waals surface area contributed by atoms with Crippen molar-refractivity contribution >= 4 is 11.4 Å². The molecule has 0 fully saturated rings. The number of benzene rings is 1. The standard InChI is InChI=1S/C13H21NO2S/c1-10(14-17(15)13(2,3)4)11-7-6-8-12(9-11)16-5/h6-10,14H,1-5H3/t10-,17+/m1/s1/i1D3,5D3. The predicted octanol–water partition coefficient (Wildman–Crippen LogP) is 2.81. The molecule has 0 bridgehead atoms. The van der Waals surface area contributed by atoms with E-state index in [4.69, 9.17) is 13.0 Å². The lowest BCUT2D eigenvalue weighted by Crippen LogP contribution is -2.40. The van der Waals surface area contributed by atoms with Crippen LogP contribution in [0.25, 0.3) is 0 Å². The summed E-state index contributed by atoms with van der Waals surface area (Å²) in [7, 11) is -2.63. The molecule has 1 rings (SSSR count). The second kappa shape index (κ2) is 5.76. The van der Waals surface area contributed by atoms with Gasteiger partial charge in [-0.1, -0.05) is 12.1 Å². The first kappa shape index (κ1) is 7.67. The maximum absolute atomic E-state index is 12.2. The molecular weight excluding hydrogens is 234 g/mol. The Hall–Kier alpha value is -0.710. The Balaban J connectivity index is 3.11. The van der Waals surface area contributed by atoms with Crippen LogP contribution in [0.5, 0.6) is 5.75 Å². The third-order valence-electron chi connectivity index (χ3n) is 2.09. The lowest BCUT2D eigenvalue weighted by molar-refractivity contribution is 0.413. The Labute approximate surface area is 115 Å². The topological polar surface area (TPSA) is 44.3 Å². The second-order valence-corrected chi connectivity index (χ2v) is 6.60. The van der Waals surface area contributed by atoms with E-state index in [0.717, 1.165) is 0 Å². The van der Waals surface area contributed by atoms with Crippen molar-refractivity contribution in [3.8, 4) is 5.75 Å². The largest absolute Gasteiger partial charge is 0.598 e. The van der Waals surface area contributed by atoms with Crippen LogP contribution in [0.3, 0.4) is 0 Å². The molecule has 96 valence electrons. The van der Waals surface area contributed by atoms with Gasteiger partial charge in [-0.2, -0.15) is 0 Å². The number of rotatable bonds is 4. The molecule has 2 atom stereocenters. The molecule has 0 aromatic heterocycles. The fraction of sp³-hybridized carbons (Fsp3) is 0.538. The number of methoxy groups -OCH3 is 1. The summed E-state index contributed by atoms with van der Waals surface area (Å²) in [5.41, 5.74) is 0.282. The lowest BCUT2D eigenvalue weighted by atomic mass is 10.1. The van der Waals surface area contributed by atoms with Crippen LogP contribution >= 0.6 is 0 Å². The van der Waals surface area contributed by atoms with Gasteiger partial charge in [0.2, 0.25) is 0 Å². The van der Waals surface area contributed by atoms with Gasteiger partial charge in [-0.15, -0.1) is 4.72 Å². The summed E-state index contributed by atoms with van der Waals surface area (Å²) < 4.78 is 63.3. The van der Waals surface area contributed by atoms with E-state index in [2.05, 4.69) is 4.72 Å². The maximum Gasteiger partial charge on any atom is 0.136 e. The van der Waals surface area contributed by atoms with Crippen LogP contribution in [0.1, 0.15) is 47.5 Å². The highest BCUT2D eigenvalue weighted by Gasteiger charge is 2.28. The Morgan fingerprint density at radius 1 is 1.47 bits per heavy atom. The summed E-state index contributed by atoms with van der Waals surface area (Å²) in [5, 5.41) is 0. The van der Waals surface area contributed by atoms with Crippen molar-refractivity contribution in [2.24, 2.45) is 0 Å². The third kappa shape index (κ3) is 4.22. The predicted molar refractivity (Wildman–Crippen MR) is 72.4 cm³/mol. The number of hydrogen-bond donors (Lipinski definition) is 1. The zero-order chi connectivity index (χ0) is 18.1. The Morgan fingerprint density at radius 3 is 2.82 bits per heavy atom. The number of nitrogens with one attached hydrogen (secondary N) is 1. The van der Waals surface area contributed by atoms with E-state index in [1.54, 1.807) is 20.8 Å². The van der Waals surface area contributed by atoms with Crippen molar-refractivity contribution < 1.29 is 17.5 Å². The number of hydrogen-bond acceptors (Lipinski definition) is 3. The maximum atomic E-state index is 12.2. The quantitative estimate of drug-likeness (QED) is 0.848. The third-order valence-corrected chi connectivity index (χ3v) is 3.65. The minimum absolute atomic E-state index is 0.0279. The molecule has 0 heterocycles. The molecule has 0 aliphatic carbocycles. The molecule has 0 saturated heterocycles. The highest BCUT2D eigenvalue weighted by Crippen LogP contribution is 2.22. The van der Waals surface area contributed by atoms with E-state index in [0.29, 0.717) is 0 Å². The van der Waals surface area contributed by atoms with E-state index >= 15 is 0 Å². The SMILES string of the molecule is [2H]C([2H])([2H])Oc1cccc([C@H](N[S@@+]([O-])C(C)(C)C)C([2H])([2H])[2H])c1. The first-order valence-electron chi connectivity index (χ1n) is 8.17. The molecule has 0 aliphatic rings. The number of ether oxygens (including phenoxy) is 1. The molecule has 0 spiro atoms. The zero-order valence-electron chi connectivity index (χ0n) is 16.1. The van der Waals surface area contributed by atoms with Gasteiger partial charge in [0.25, 0.3) is 0 Å². The molecule has 1 aromatic carbocycles. The summed E-state index contributed by atoms with van der Waals surface area (Å²) >= 11 is -1.60. The smallest absolute Gasteiger partial charge is 0.136 e. The van der Waals surface area contributed by atoms with Crippen molar-refractivity contribution in [1.82, 2.24) is 4.72 Å². The fourth-order valence-electron chi connectivity index (χ4n) is 1.11. The van der Waals surface area contributed by atoms with Gasteiger partial charge in [-0.05, 0) is 45.3 Å². The van der Waals surface area contributed by atoms with Gasteiger partial charge in [0, 0.05) is 15.5 Å². The van der Waals surface area contributed by atoms with Gasteiger partial charge in [0.15, 0.2) is 0 Å². The molecule has 0 amide bonds. The van der Waals surface area contributed by atoms with Crippen molar-refractivity contribution in [3.05, 3.63) is 29.8 Å². The summed E-state index contributed by atoms with van der Waals surface area (Å²) in [6.45, 7) is 2.71. The monoisotopic (exact) mass is 261 g/mol. The van der Waals surface area contributed by atoms with Crippen LogP contribution < -0.4 is 9.46 Å². The molecule has 0 saturated carbocycles. The van der Waals surface area contributed by atoms with Gasteiger partial charge in [-0.25, -0.2) is 0 Å². The Bertz CT molecular complexity index is 526. The molecule has 3 nitrogen and oxygen atoms in total. The van der Waals surface area contributed by atoms with E-state index in [-0.39, 0.29) is 11.3 Å². The van der Waals surface area contributed by atoms with Gasteiger partial charge in [-0.3, -0.25) is 0 Å². The summed E-state index contributed by atoms with van der Waals surface area (Å²) in [5.74, 6) is 0.0279. The molecular formula is C13H21NO2S. The summed E-state index contributed by atoms with van der Waals surface area (Å²) in [6.07, 6.45) is 0. The zero-order valence-corrected chi connectivity index (χ0v) is 10.9. The highest BCUT2D eigenvalue weighted by molar-refractivity contribution is 7.90. The lowest BCUT2D eigenvalue weighted by Gasteiger charge is -2.26. The molecule has 1 aromatic rings. The van der Waals surface area contributed by atoms with Crippen LogP contribution in [0.4, 0.5) is 0 Å². The van der Waals surface area contributed by atoms with Crippen LogP contribution in [0, 0.1) is 0 Å². The molecule has 17 heavy (non-hydrogen) atoms. The first-order chi connectivity index (χ1) is 10.2. The summed E-state index contributed by atoms with van der Waals surface area (Å²) in [4.78, 5) is 0. The molecule has 0 unspecified atom stereocenters. The highest BCUT2D eigenvalue weighted by atomic mass is 32.2. The van der Waals surface area contributed by atoms with E-state index < -0.39 is 36.0 Å². The fourth-order valence-corrected chi connectivity index (χ4v) is 1.81. The normalized spacial score (nSPS) is 22.1. The van der Waals surface area contributed by atoms with Gasteiger partial charge >= 0.3 is 0 Å². The van der Waals surface area contributed by atoms with Crippen molar-refractivity contribution in [3.63, 3.8) is 0 Å². The van der Waals surface area contributed by atoms with Crippen LogP contribution in [0.15, 0.2) is 24.3 Å². The van der Waals surface area contributed by atoms with Gasteiger partial charge in [0.1, 0.15) is 10.5 Å². The average molecular weight is 261 g/mol. The minimum Gasteiger partial charge on any atom is -0.598 e. The van der Waals surface area contributed by atoms with Crippen molar-refractivity contribution in [1.29, 1.82) is 0 Å². The Morgan fingerprint density at radius 2 is 2.24 bits per heavy atom. The van der Waals surface area contributed by atoms with E-state index in [9.17, 15) is 4.55 Å². The first-order valence-corrected chi connectivity index (χ1v) is 6.32. The second-order valence-electron chi connectivity index (χ2n) is 4.61. The van der Waals surface area contributed by atoms with Crippen molar-refractivity contribution in [2.75, 3.05) is 7.04 Å². The van der Waals surface area contributed by atoms with Crippen molar-refractivity contribution in [2.45, 2.75) is 38.4 Å². The van der Waals surface area contributed by atoms with Crippen LogP contribution in [-0.2, 0) is 11.4 Å². The van der Waals surface area contributed by atoms with E-state index in [1.807, 2.05) is 0 Å². The van der Waals surface area contributed by atoms with Crippen LogP contribution in [0.2, 0.25) is 0 Å².